The number of rotatable bonds is 0. The van der Waals surface area contributed by atoms with Crippen LogP contribution in [0, 0.1) is 0 Å². The largest absolute Gasteiger partial charge is 3.00 e. The second-order valence-electron chi connectivity index (χ2n) is 0.250. The Morgan fingerprint density at radius 1 is 1.25 bits per heavy atom. The van der Waals surface area contributed by atoms with Crippen molar-refractivity contribution >= 4 is 23.5 Å². The van der Waals surface area contributed by atoms with Gasteiger partial charge in [-0.3, -0.25) is 0 Å². The third-order valence-electron chi connectivity index (χ3n) is 0. The predicted molar refractivity (Wildman–Crippen MR) is 16.7 cm³/mol. The molecule has 5 nitrogen and oxygen atoms in total. The third-order valence-corrected chi connectivity index (χ3v) is 0. The molecule has 0 saturated heterocycles. The number of carbonyl (C=O) groups excluding carboxylic acids is 1. The van der Waals surface area contributed by atoms with E-state index in [1.54, 1.807) is 0 Å². The Hall–Kier alpha value is 0.320. The van der Waals surface area contributed by atoms with Crippen LogP contribution in [0.1, 0.15) is 0 Å². The maximum Gasteiger partial charge on any atom is 3.00 e. The monoisotopic (exact) mass is 129 g/mol. The van der Waals surface area contributed by atoms with Gasteiger partial charge in [-0.15, -0.1) is 0 Å². The molecule has 0 spiro atoms. The predicted octanol–water partition coefficient (Wildman–Crippen LogP) is -6.83. The summed E-state index contributed by atoms with van der Waals surface area (Å²) in [5, 5.41) is 16.7. The minimum atomic E-state index is -2.33. The van der Waals surface area contributed by atoms with Crippen LogP contribution in [0.15, 0.2) is 0 Å². The van der Waals surface area contributed by atoms with Crippen molar-refractivity contribution in [3.63, 3.8) is 0 Å². The van der Waals surface area contributed by atoms with E-state index in [0.717, 1.165) is 0 Å². The number of hydrogen-bond acceptors (Lipinski definition) is 4. The van der Waals surface area contributed by atoms with Gasteiger partial charge in [0.05, 0.1) is 0 Å². The molecule has 3 N–H and O–H groups in total. The maximum atomic E-state index is 8.33. The second kappa shape index (κ2) is 26.5. The second-order valence-corrected chi connectivity index (χ2v) is 0.250. The molecule has 40 valence electrons. The Balaban J connectivity index is -0.00000000750. The van der Waals surface area contributed by atoms with Crippen LogP contribution in [0.4, 0.5) is 4.79 Å². The normalized spacial score (nSPS) is 3.00. The van der Waals surface area contributed by atoms with Gasteiger partial charge < -0.3 is 26.0 Å². The van der Waals surface area contributed by atoms with Crippen LogP contribution in [0.25, 0.3) is 0 Å². The third kappa shape index (κ3) is 1750. The van der Waals surface area contributed by atoms with E-state index in [0.29, 0.717) is 0 Å². The van der Waals surface area contributed by atoms with Crippen LogP contribution in [0.5, 0.6) is 0 Å². The van der Waals surface area contributed by atoms with Gasteiger partial charge in [0.15, 0.2) is 0 Å². The molecule has 0 heterocycles. The molecule has 8 heavy (non-hydrogen) atoms. The number of carboxylic acid groups (broad SMARTS) is 2. The molecule has 7 heteroatoms. The number of carbonyl (C=O) groups is 1. The Morgan fingerprint density at radius 2 is 1.25 bits per heavy atom. The van der Waals surface area contributed by atoms with Gasteiger partial charge in [0.25, 0.3) is 0 Å². The minimum Gasteiger partial charge on any atom is -0.870 e. The molecule has 0 radical (unpaired) electrons. The molecule has 0 rings (SSSR count). The molecular weight excluding hydrogens is 126 g/mol. The van der Waals surface area contributed by atoms with Gasteiger partial charge in [-0.1, -0.05) is 0 Å². The van der Waals surface area contributed by atoms with Crippen molar-refractivity contribution in [1.82, 2.24) is 0 Å². The summed E-state index contributed by atoms with van der Waals surface area (Å²) in [6.07, 6.45) is -2.33. The summed E-state index contributed by atoms with van der Waals surface area (Å²) < 4.78 is 0. The SMILES string of the molecule is O.O=C([O-])[O-].[Al+3].[Li+].[OH-]. The standard InChI is InChI=1S/CH2O3.Al.Li.2H2O/c2-1(3)4;;;;/h(H2,2,3,4);;;2*1H2/q;+3;+1;;/p-3. The topological polar surface area (TPSA) is 125 Å². The van der Waals surface area contributed by atoms with E-state index < -0.39 is 6.16 Å². The summed E-state index contributed by atoms with van der Waals surface area (Å²) >= 11 is 0. The van der Waals surface area contributed by atoms with Crippen LogP contribution in [-0.4, -0.2) is 34.5 Å². The smallest absolute Gasteiger partial charge is 0.870 e. The Morgan fingerprint density at radius 3 is 1.25 bits per heavy atom. The Bertz CT molecular complexity index is 35.4. The van der Waals surface area contributed by atoms with E-state index in [2.05, 4.69) is 0 Å². The molecular formula is CH3AlLiO5+. The zero-order chi connectivity index (χ0) is 3.58. The van der Waals surface area contributed by atoms with Crippen molar-refractivity contribution in [2.75, 3.05) is 0 Å². The van der Waals surface area contributed by atoms with Crippen LogP contribution in [0.3, 0.4) is 0 Å². The molecule has 0 aromatic carbocycles. The molecule has 0 aromatic rings. The van der Waals surface area contributed by atoms with Crippen molar-refractivity contribution in [2.45, 2.75) is 0 Å². The van der Waals surface area contributed by atoms with Gasteiger partial charge in [0, 0.05) is 0 Å². The van der Waals surface area contributed by atoms with Crippen LogP contribution < -0.4 is 29.1 Å². The van der Waals surface area contributed by atoms with E-state index in [9.17, 15) is 0 Å². The van der Waals surface area contributed by atoms with Gasteiger partial charge in [0.2, 0.25) is 0 Å². The molecule has 0 aliphatic rings. The van der Waals surface area contributed by atoms with Gasteiger partial charge in [-0.2, -0.15) is 0 Å². The van der Waals surface area contributed by atoms with Crippen molar-refractivity contribution < 1.29 is 44.8 Å². The average molecular weight is 129 g/mol. The molecule has 0 bridgehead atoms. The van der Waals surface area contributed by atoms with E-state index in [1.165, 1.54) is 0 Å². The van der Waals surface area contributed by atoms with Crippen molar-refractivity contribution in [2.24, 2.45) is 0 Å². The van der Waals surface area contributed by atoms with Crippen LogP contribution >= 0.6 is 0 Å². The number of hydrogen-bond donors (Lipinski definition) is 0. The molecule has 0 saturated carbocycles. The molecule has 0 aromatic heterocycles. The summed E-state index contributed by atoms with van der Waals surface area (Å²) in [7, 11) is 0. The summed E-state index contributed by atoms with van der Waals surface area (Å²) in [6, 6.07) is 0. The molecule has 0 atom stereocenters. The zero-order valence-corrected chi connectivity index (χ0v) is 5.40. The van der Waals surface area contributed by atoms with E-state index in [4.69, 9.17) is 15.0 Å². The Kier molecular flexibility index (Phi) is 134. The van der Waals surface area contributed by atoms with Crippen molar-refractivity contribution in [3.8, 4) is 0 Å². The van der Waals surface area contributed by atoms with Gasteiger partial charge in [0.1, 0.15) is 0 Å². The fraction of sp³-hybridized carbons (Fsp3) is 0. The molecule has 0 aliphatic carbocycles. The van der Waals surface area contributed by atoms with Gasteiger partial charge in [-0.25, -0.2) is 0 Å². The summed E-state index contributed by atoms with van der Waals surface area (Å²) in [4.78, 5) is 8.33. The summed E-state index contributed by atoms with van der Waals surface area (Å²) in [6.45, 7) is 0. The first-order chi connectivity index (χ1) is 1.73. The summed E-state index contributed by atoms with van der Waals surface area (Å²) in [5.74, 6) is 0. The molecule has 0 amide bonds. The molecule has 0 aliphatic heterocycles. The van der Waals surface area contributed by atoms with Crippen LogP contribution in [0.2, 0.25) is 0 Å². The van der Waals surface area contributed by atoms with E-state index in [1.807, 2.05) is 0 Å². The molecule has 0 fully saturated rings. The molecule has 0 unspecified atom stereocenters. The summed E-state index contributed by atoms with van der Waals surface area (Å²) in [5.41, 5.74) is 0. The van der Waals surface area contributed by atoms with Gasteiger partial charge >= 0.3 is 36.2 Å². The van der Waals surface area contributed by atoms with Crippen molar-refractivity contribution in [3.05, 3.63) is 0 Å². The first-order valence-corrected chi connectivity index (χ1v) is 0.612. The van der Waals surface area contributed by atoms with E-state index >= 15 is 0 Å². The average Bonchev–Trinajstić information content (AvgIpc) is 0.811. The zero-order valence-electron chi connectivity index (χ0n) is 4.25. The van der Waals surface area contributed by atoms with Gasteiger partial charge in [-0.05, 0) is 6.16 Å². The fourth-order valence-electron chi connectivity index (χ4n) is 0. The minimum absolute atomic E-state index is 0. The quantitative estimate of drug-likeness (QED) is 0.301. The van der Waals surface area contributed by atoms with E-state index in [-0.39, 0.29) is 47.2 Å². The first kappa shape index (κ1) is 40.4. The fourth-order valence-corrected chi connectivity index (χ4v) is 0. The maximum absolute atomic E-state index is 8.33. The first-order valence-electron chi connectivity index (χ1n) is 0.612. The van der Waals surface area contributed by atoms with Crippen LogP contribution in [-0.2, 0) is 0 Å². The van der Waals surface area contributed by atoms with Crippen molar-refractivity contribution in [1.29, 1.82) is 0 Å². The Labute approximate surface area is 68.6 Å².